The summed E-state index contributed by atoms with van der Waals surface area (Å²) in [6.07, 6.45) is 0. The van der Waals surface area contributed by atoms with Gasteiger partial charge in [-0.25, -0.2) is 0 Å². The molecular formula is C17H13ClN2O2S. The van der Waals surface area contributed by atoms with Crippen LogP contribution in [0.3, 0.4) is 0 Å². The number of nitrogens with two attached hydrogens (primary N) is 1. The number of benzene rings is 2. The SMILES string of the molecule is Cc1ccc2c(C(N)=O)c(NC(=O)c3cccc(Cl)c3)sc2c1. The van der Waals surface area contributed by atoms with Gasteiger partial charge in [0.1, 0.15) is 5.00 Å². The lowest BCUT2D eigenvalue weighted by atomic mass is 10.1. The molecule has 3 rings (SSSR count). The first-order valence-electron chi connectivity index (χ1n) is 6.85. The number of aryl methyl sites for hydroxylation is 1. The van der Waals surface area contributed by atoms with Crippen LogP contribution in [0.4, 0.5) is 5.00 Å². The van der Waals surface area contributed by atoms with Gasteiger partial charge in [0, 0.05) is 20.7 Å². The first-order chi connectivity index (χ1) is 11.0. The van der Waals surface area contributed by atoms with Crippen LogP contribution in [-0.2, 0) is 0 Å². The third-order valence-electron chi connectivity index (χ3n) is 3.41. The summed E-state index contributed by atoms with van der Waals surface area (Å²) in [5.74, 6) is -0.903. The van der Waals surface area contributed by atoms with E-state index in [-0.39, 0.29) is 5.91 Å². The molecule has 3 aromatic rings. The highest BCUT2D eigenvalue weighted by molar-refractivity contribution is 7.23. The lowest BCUT2D eigenvalue weighted by Gasteiger charge is -2.05. The zero-order valence-electron chi connectivity index (χ0n) is 12.2. The van der Waals surface area contributed by atoms with Crippen LogP contribution in [-0.4, -0.2) is 11.8 Å². The van der Waals surface area contributed by atoms with Gasteiger partial charge in [0.05, 0.1) is 5.56 Å². The van der Waals surface area contributed by atoms with Gasteiger partial charge < -0.3 is 11.1 Å². The Morgan fingerprint density at radius 1 is 1.17 bits per heavy atom. The second-order valence-electron chi connectivity index (χ2n) is 5.13. The lowest BCUT2D eigenvalue weighted by Crippen LogP contribution is -2.16. The van der Waals surface area contributed by atoms with Crippen molar-refractivity contribution in [3.8, 4) is 0 Å². The molecule has 0 unspecified atom stereocenters. The van der Waals surface area contributed by atoms with Gasteiger partial charge in [-0.15, -0.1) is 11.3 Å². The number of hydrogen-bond acceptors (Lipinski definition) is 3. The average molecular weight is 345 g/mol. The number of hydrogen-bond donors (Lipinski definition) is 2. The standard InChI is InChI=1S/C17H13ClN2O2S/c1-9-5-6-12-13(7-9)23-17(14(12)15(19)21)20-16(22)10-3-2-4-11(18)8-10/h2-8H,1H3,(H2,19,21)(H,20,22). The highest BCUT2D eigenvalue weighted by atomic mass is 35.5. The normalized spacial score (nSPS) is 10.7. The average Bonchev–Trinajstić information content (AvgIpc) is 2.84. The zero-order chi connectivity index (χ0) is 16.6. The summed E-state index contributed by atoms with van der Waals surface area (Å²) >= 11 is 7.23. The number of carbonyl (C=O) groups is 2. The number of anilines is 1. The van der Waals surface area contributed by atoms with Gasteiger partial charge in [0.15, 0.2) is 0 Å². The summed E-state index contributed by atoms with van der Waals surface area (Å²) in [5, 5.41) is 4.43. The lowest BCUT2D eigenvalue weighted by molar-refractivity contribution is 0.100. The molecule has 0 aliphatic carbocycles. The van der Waals surface area contributed by atoms with Crippen molar-refractivity contribution in [3.63, 3.8) is 0 Å². The van der Waals surface area contributed by atoms with Crippen molar-refractivity contribution >= 4 is 49.8 Å². The quantitative estimate of drug-likeness (QED) is 0.746. The predicted molar refractivity (Wildman–Crippen MR) is 94.5 cm³/mol. The minimum atomic E-state index is -0.568. The van der Waals surface area contributed by atoms with E-state index in [1.807, 2.05) is 25.1 Å². The highest BCUT2D eigenvalue weighted by Crippen LogP contribution is 2.36. The Morgan fingerprint density at radius 2 is 1.96 bits per heavy atom. The molecule has 6 heteroatoms. The Kier molecular flexibility index (Phi) is 4.07. The number of fused-ring (bicyclic) bond motifs is 1. The Morgan fingerprint density at radius 3 is 2.65 bits per heavy atom. The van der Waals surface area contributed by atoms with Gasteiger partial charge in [0.2, 0.25) is 0 Å². The minimum Gasteiger partial charge on any atom is -0.365 e. The number of amides is 2. The number of halogens is 1. The fraction of sp³-hybridized carbons (Fsp3) is 0.0588. The summed E-state index contributed by atoms with van der Waals surface area (Å²) in [7, 11) is 0. The molecule has 3 N–H and O–H groups in total. The maximum Gasteiger partial charge on any atom is 0.256 e. The molecule has 0 aliphatic heterocycles. The van der Waals surface area contributed by atoms with Gasteiger partial charge in [-0.3, -0.25) is 9.59 Å². The van der Waals surface area contributed by atoms with Crippen molar-refractivity contribution in [2.45, 2.75) is 6.92 Å². The fourth-order valence-electron chi connectivity index (χ4n) is 2.34. The third kappa shape index (κ3) is 3.06. The van der Waals surface area contributed by atoms with E-state index in [1.54, 1.807) is 24.3 Å². The first-order valence-corrected chi connectivity index (χ1v) is 8.05. The molecular weight excluding hydrogens is 332 g/mol. The summed E-state index contributed by atoms with van der Waals surface area (Å²) in [6, 6.07) is 12.3. The molecule has 23 heavy (non-hydrogen) atoms. The number of nitrogens with one attached hydrogen (secondary N) is 1. The van der Waals surface area contributed by atoms with Crippen molar-refractivity contribution < 1.29 is 9.59 Å². The van der Waals surface area contributed by atoms with Gasteiger partial charge >= 0.3 is 0 Å². The monoisotopic (exact) mass is 344 g/mol. The number of carbonyl (C=O) groups excluding carboxylic acids is 2. The van der Waals surface area contributed by atoms with Crippen molar-refractivity contribution in [1.29, 1.82) is 0 Å². The number of thiophene rings is 1. The maximum atomic E-state index is 12.4. The molecule has 0 spiro atoms. The summed E-state index contributed by atoms with van der Waals surface area (Å²) < 4.78 is 0.903. The van der Waals surface area contributed by atoms with Crippen LogP contribution >= 0.6 is 22.9 Å². The van der Waals surface area contributed by atoms with E-state index in [1.165, 1.54) is 11.3 Å². The van der Waals surface area contributed by atoms with E-state index < -0.39 is 5.91 Å². The predicted octanol–water partition coefficient (Wildman–Crippen LogP) is 4.21. The van der Waals surface area contributed by atoms with Crippen LogP contribution in [0, 0.1) is 6.92 Å². The molecule has 0 saturated heterocycles. The molecule has 2 aromatic carbocycles. The highest BCUT2D eigenvalue weighted by Gasteiger charge is 2.19. The van der Waals surface area contributed by atoms with Crippen LogP contribution in [0.2, 0.25) is 5.02 Å². The third-order valence-corrected chi connectivity index (χ3v) is 4.71. The molecule has 4 nitrogen and oxygen atoms in total. The second-order valence-corrected chi connectivity index (χ2v) is 6.62. The number of rotatable bonds is 3. The van der Waals surface area contributed by atoms with Crippen LogP contribution in [0.25, 0.3) is 10.1 Å². The molecule has 116 valence electrons. The molecule has 0 aliphatic rings. The summed E-state index contributed by atoms with van der Waals surface area (Å²) in [6.45, 7) is 1.97. The molecule has 1 aromatic heterocycles. The van der Waals surface area contributed by atoms with E-state index in [0.29, 0.717) is 21.2 Å². The van der Waals surface area contributed by atoms with E-state index in [2.05, 4.69) is 5.32 Å². The summed E-state index contributed by atoms with van der Waals surface area (Å²) in [5.41, 5.74) is 7.32. The Hall–Kier alpha value is -2.37. The Bertz CT molecular complexity index is 933. The van der Waals surface area contributed by atoms with Gasteiger partial charge in [-0.1, -0.05) is 29.8 Å². The first kappa shape index (κ1) is 15.5. The van der Waals surface area contributed by atoms with E-state index in [0.717, 1.165) is 15.6 Å². The van der Waals surface area contributed by atoms with E-state index in [9.17, 15) is 9.59 Å². The van der Waals surface area contributed by atoms with E-state index >= 15 is 0 Å². The number of primary amides is 1. The zero-order valence-corrected chi connectivity index (χ0v) is 13.8. The minimum absolute atomic E-state index is 0.334. The molecule has 1 heterocycles. The topological polar surface area (TPSA) is 72.2 Å². The van der Waals surface area contributed by atoms with Crippen LogP contribution < -0.4 is 11.1 Å². The molecule has 0 atom stereocenters. The molecule has 0 saturated carbocycles. The van der Waals surface area contributed by atoms with Crippen LogP contribution in [0.5, 0.6) is 0 Å². The van der Waals surface area contributed by atoms with Gasteiger partial charge in [-0.05, 0) is 36.8 Å². The van der Waals surface area contributed by atoms with Crippen molar-refractivity contribution in [1.82, 2.24) is 0 Å². The molecule has 0 fully saturated rings. The smallest absolute Gasteiger partial charge is 0.256 e. The van der Waals surface area contributed by atoms with Gasteiger partial charge in [-0.2, -0.15) is 0 Å². The van der Waals surface area contributed by atoms with Crippen molar-refractivity contribution in [2.24, 2.45) is 5.73 Å². The Balaban J connectivity index is 2.04. The molecule has 0 radical (unpaired) electrons. The van der Waals surface area contributed by atoms with E-state index in [4.69, 9.17) is 17.3 Å². The fourth-order valence-corrected chi connectivity index (χ4v) is 3.73. The summed E-state index contributed by atoms with van der Waals surface area (Å²) in [4.78, 5) is 24.2. The Labute approximate surface area is 141 Å². The van der Waals surface area contributed by atoms with Crippen LogP contribution in [0.15, 0.2) is 42.5 Å². The van der Waals surface area contributed by atoms with Gasteiger partial charge in [0.25, 0.3) is 11.8 Å². The maximum absolute atomic E-state index is 12.4. The largest absolute Gasteiger partial charge is 0.365 e. The van der Waals surface area contributed by atoms with Crippen molar-refractivity contribution in [3.05, 3.63) is 64.2 Å². The molecule has 2 amide bonds. The van der Waals surface area contributed by atoms with Crippen LogP contribution in [0.1, 0.15) is 26.3 Å². The molecule has 0 bridgehead atoms. The van der Waals surface area contributed by atoms with Crippen molar-refractivity contribution in [2.75, 3.05) is 5.32 Å². The second kappa shape index (κ2) is 6.02.